The molecule has 0 saturated heterocycles. The summed E-state index contributed by atoms with van der Waals surface area (Å²) >= 11 is 0. The van der Waals surface area contributed by atoms with Crippen molar-refractivity contribution in [3.05, 3.63) is 59.2 Å². The third-order valence-electron chi connectivity index (χ3n) is 4.39. The predicted octanol–water partition coefficient (Wildman–Crippen LogP) is 3.65. The van der Waals surface area contributed by atoms with E-state index in [0.29, 0.717) is 12.5 Å². The molecule has 0 atom stereocenters. The number of nitrogens with zero attached hydrogens (tertiary/aromatic N) is 5. The summed E-state index contributed by atoms with van der Waals surface area (Å²) in [7, 11) is 0. The molecule has 0 radical (unpaired) electrons. The first-order chi connectivity index (χ1) is 12.1. The molecule has 0 bridgehead atoms. The molecule has 3 aromatic rings. The highest BCUT2D eigenvalue weighted by Crippen LogP contribution is 2.19. The van der Waals surface area contributed by atoms with Crippen molar-refractivity contribution in [2.24, 2.45) is 15.9 Å². The minimum absolute atomic E-state index is 0.536. The Bertz CT molecular complexity index is 994. The smallest absolute Gasteiger partial charge is 0.155 e. The Morgan fingerprint density at radius 2 is 1.96 bits per heavy atom. The molecular formula is C20H21N5. The number of amidine groups is 1. The molecule has 1 aliphatic heterocycles. The fourth-order valence-corrected chi connectivity index (χ4v) is 3.11. The van der Waals surface area contributed by atoms with Crippen LogP contribution in [-0.2, 0) is 6.54 Å². The van der Waals surface area contributed by atoms with Gasteiger partial charge in [0, 0.05) is 17.7 Å². The van der Waals surface area contributed by atoms with E-state index in [9.17, 15) is 0 Å². The maximum absolute atomic E-state index is 4.76. The number of rotatable bonds is 4. The monoisotopic (exact) mass is 331 g/mol. The van der Waals surface area contributed by atoms with E-state index in [1.54, 1.807) is 0 Å². The average molecular weight is 331 g/mol. The fourth-order valence-electron chi connectivity index (χ4n) is 3.11. The zero-order valence-corrected chi connectivity index (χ0v) is 14.8. The third-order valence-corrected chi connectivity index (χ3v) is 4.39. The minimum Gasteiger partial charge on any atom is -0.260 e. The molecule has 0 amide bonds. The topological polar surface area (TPSA) is 55.4 Å². The van der Waals surface area contributed by atoms with Crippen LogP contribution < -0.4 is 0 Å². The molecule has 0 saturated carbocycles. The number of benzene rings is 2. The molecule has 0 fully saturated rings. The minimum atomic E-state index is 0.536. The van der Waals surface area contributed by atoms with Gasteiger partial charge in [-0.2, -0.15) is 0 Å². The van der Waals surface area contributed by atoms with Crippen LogP contribution in [0.3, 0.4) is 0 Å². The summed E-state index contributed by atoms with van der Waals surface area (Å²) in [6.07, 6.45) is 0. The van der Waals surface area contributed by atoms with E-state index in [1.165, 1.54) is 5.56 Å². The van der Waals surface area contributed by atoms with Gasteiger partial charge in [0.25, 0.3) is 0 Å². The Hall–Kier alpha value is -2.82. The number of hydrogen-bond acceptors (Lipinski definition) is 4. The van der Waals surface area contributed by atoms with Crippen molar-refractivity contribution in [2.75, 3.05) is 6.54 Å². The highest BCUT2D eigenvalue weighted by molar-refractivity contribution is 6.18. The van der Waals surface area contributed by atoms with Crippen molar-refractivity contribution in [2.45, 2.75) is 27.3 Å². The van der Waals surface area contributed by atoms with Crippen LogP contribution >= 0.6 is 0 Å². The van der Waals surface area contributed by atoms with Crippen LogP contribution in [0.1, 0.15) is 30.5 Å². The van der Waals surface area contributed by atoms with Crippen LogP contribution in [0, 0.1) is 12.8 Å². The summed E-state index contributed by atoms with van der Waals surface area (Å²) < 4.78 is 1.97. The molecule has 5 nitrogen and oxygen atoms in total. The van der Waals surface area contributed by atoms with E-state index in [1.807, 2.05) is 16.8 Å². The van der Waals surface area contributed by atoms with Crippen molar-refractivity contribution in [3.63, 3.8) is 0 Å². The normalized spacial score (nSPS) is 14.2. The van der Waals surface area contributed by atoms with E-state index in [0.717, 1.165) is 40.3 Å². The molecule has 2 aromatic carbocycles. The van der Waals surface area contributed by atoms with Gasteiger partial charge in [0.15, 0.2) is 5.84 Å². The number of fused-ring (bicyclic) bond motifs is 1. The standard InChI is InChI=1S/C20H21N5/c1-13(2)12-25-19-9-8-15(10-17(19)23-24-25)18-11-21-20(22-18)16-7-5-4-6-14(16)3/h4-10,13H,11-12H2,1-3H3. The maximum Gasteiger partial charge on any atom is 0.155 e. The van der Waals surface area contributed by atoms with Crippen LogP contribution in [0.4, 0.5) is 0 Å². The first-order valence-electron chi connectivity index (χ1n) is 8.63. The molecule has 2 heterocycles. The van der Waals surface area contributed by atoms with Gasteiger partial charge < -0.3 is 0 Å². The first-order valence-corrected chi connectivity index (χ1v) is 8.63. The van der Waals surface area contributed by atoms with Crippen LogP contribution in [0.5, 0.6) is 0 Å². The molecule has 1 aliphatic rings. The second-order valence-corrected chi connectivity index (χ2v) is 6.88. The lowest BCUT2D eigenvalue weighted by molar-refractivity contribution is 0.483. The summed E-state index contributed by atoms with van der Waals surface area (Å²) in [6, 6.07) is 14.5. The van der Waals surface area contributed by atoms with Gasteiger partial charge in [0.1, 0.15) is 5.52 Å². The lowest BCUT2D eigenvalue weighted by atomic mass is 10.1. The van der Waals surface area contributed by atoms with E-state index in [2.05, 4.69) is 66.4 Å². The molecule has 1 aromatic heterocycles. The number of hydrogen-bond donors (Lipinski definition) is 0. The Labute approximate surface area is 147 Å². The molecule has 0 aliphatic carbocycles. The highest BCUT2D eigenvalue weighted by Gasteiger charge is 2.16. The molecule has 126 valence electrons. The Morgan fingerprint density at radius 1 is 1.12 bits per heavy atom. The maximum atomic E-state index is 4.76. The summed E-state index contributed by atoms with van der Waals surface area (Å²) in [5, 5.41) is 8.59. The van der Waals surface area contributed by atoms with Crippen LogP contribution in [0.2, 0.25) is 0 Å². The lowest BCUT2D eigenvalue weighted by Crippen LogP contribution is -2.06. The number of aryl methyl sites for hydroxylation is 1. The SMILES string of the molecule is Cc1ccccc1C1=NCC(c2ccc3c(c2)nnn3CC(C)C)=N1. The lowest BCUT2D eigenvalue weighted by Gasteiger charge is -2.05. The van der Waals surface area contributed by atoms with Crippen molar-refractivity contribution in [1.82, 2.24) is 15.0 Å². The zero-order valence-electron chi connectivity index (χ0n) is 14.8. The summed E-state index contributed by atoms with van der Waals surface area (Å²) in [6.45, 7) is 7.93. The van der Waals surface area contributed by atoms with Crippen LogP contribution in [0.25, 0.3) is 11.0 Å². The molecule has 5 heteroatoms. The Morgan fingerprint density at radius 3 is 2.76 bits per heavy atom. The van der Waals surface area contributed by atoms with Gasteiger partial charge >= 0.3 is 0 Å². The summed E-state index contributed by atoms with van der Waals surface area (Å²) in [5.74, 6) is 1.35. The molecule has 0 unspecified atom stereocenters. The predicted molar refractivity (Wildman–Crippen MR) is 101 cm³/mol. The second-order valence-electron chi connectivity index (χ2n) is 6.88. The zero-order chi connectivity index (χ0) is 17.4. The molecular weight excluding hydrogens is 310 g/mol. The molecule has 4 rings (SSSR count). The van der Waals surface area contributed by atoms with Gasteiger partial charge in [0.2, 0.25) is 0 Å². The molecule has 25 heavy (non-hydrogen) atoms. The van der Waals surface area contributed by atoms with Gasteiger partial charge in [0.05, 0.1) is 17.8 Å². The summed E-state index contributed by atoms with van der Waals surface area (Å²) in [5.41, 5.74) is 6.32. The second kappa shape index (κ2) is 6.24. The van der Waals surface area contributed by atoms with Crippen LogP contribution in [0.15, 0.2) is 52.4 Å². The number of aliphatic imine (C=N–C) groups is 2. The quantitative estimate of drug-likeness (QED) is 0.733. The van der Waals surface area contributed by atoms with Gasteiger partial charge in [-0.3, -0.25) is 4.99 Å². The Kier molecular flexibility index (Phi) is 3.92. The first kappa shape index (κ1) is 15.7. The molecule has 0 spiro atoms. The van der Waals surface area contributed by atoms with Crippen molar-refractivity contribution < 1.29 is 0 Å². The average Bonchev–Trinajstić information content (AvgIpc) is 3.22. The highest BCUT2D eigenvalue weighted by atomic mass is 15.4. The van der Waals surface area contributed by atoms with Crippen molar-refractivity contribution >= 4 is 22.6 Å². The number of aromatic nitrogens is 3. The van der Waals surface area contributed by atoms with Crippen molar-refractivity contribution in [1.29, 1.82) is 0 Å². The van der Waals surface area contributed by atoms with E-state index >= 15 is 0 Å². The van der Waals surface area contributed by atoms with Gasteiger partial charge in [-0.15, -0.1) is 5.10 Å². The Balaban J connectivity index is 1.65. The van der Waals surface area contributed by atoms with Crippen molar-refractivity contribution in [3.8, 4) is 0 Å². The largest absolute Gasteiger partial charge is 0.260 e. The molecule has 0 N–H and O–H groups in total. The van der Waals surface area contributed by atoms with E-state index in [-0.39, 0.29) is 0 Å². The van der Waals surface area contributed by atoms with Crippen LogP contribution in [-0.4, -0.2) is 33.1 Å². The van der Waals surface area contributed by atoms with Gasteiger partial charge in [-0.05, 0) is 30.5 Å². The van der Waals surface area contributed by atoms with E-state index < -0.39 is 0 Å². The third kappa shape index (κ3) is 2.97. The fraction of sp³-hybridized carbons (Fsp3) is 0.300. The van der Waals surface area contributed by atoms with Gasteiger partial charge in [-0.25, -0.2) is 9.67 Å². The van der Waals surface area contributed by atoms with E-state index in [4.69, 9.17) is 4.99 Å². The summed E-state index contributed by atoms with van der Waals surface area (Å²) in [4.78, 5) is 9.38. The van der Waals surface area contributed by atoms with Gasteiger partial charge in [-0.1, -0.05) is 49.4 Å².